The van der Waals surface area contributed by atoms with Crippen molar-refractivity contribution >= 4 is 17.5 Å². The van der Waals surface area contributed by atoms with Crippen LogP contribution in [0.1, 0.15) is 47.3 Å². The van der Waals surface area contributed by atoms with Gasteiger partial charge in [0.1, 0.15) is 5.75 Å². The number of hydrogen-bond donors (Lipinski definition) is 3. The number of carbonyl (C=O) groups excluding carboxylic acids is 2. The van der Waals surface area contributed by atoms with Gasteiger partial charge in [-0.25, -0.2) is 0 Å². The maximum absolute atomic E-state index is 12.5. The van der Waals surface area contributed by atoms with Crippen molar-refractivity contribution in [2.45, 2.75) is 38.3 Å². The third-order valence-corrected chi connectivity index (χ3v) is 4.95. The number of hydrogen-bond acceptors (Lipinski definition) is 4. The number of primary amides is 1. The Hall–Kier alpha value is -2.86. The molecule has 2 atom stereocenters. The number of nitrogens with two attached hydrogens (primary N) is 1. The van der Waals surface area contributed by atoms with Gasteiger partial charge in [0.2, 0.25) is 11.8 Å². The summed E-state index contributed by atoms with van der Waals surface area (Å²) in [5.41, 5.74) is 8.77. The molecule has 0 bridgehead atoms. The van der Waals surface area contributed by atoms with Gasteiger partial charge in [0.25, 0.3) is 0 Å². The van der Waals surface area contributed by atoms with Crippen LogP contribution in [-0.4, -0.2) is 25.0 Å². The molecule has 0 aliphatic heterocycles. The van der Waals surface area contributed by atoms with E-state index in [2.05, 4.69) is 22.8 Å². The first-order valence-corrected chi connectivity index (χ1v) is 9.11. The zero-order valence-electron chi connectivity index (χ0n) is 15.6. The molecule has 1 aliphatic carbocycles. The maximum atomic E-state index is 12.5. The Labute approximate surface area is 159 Å². The van der Waals surface area contributed by atoms with Gasteiger partial charge in [0, 0.05) is 17.3 Å². The van der Waals surface area contributed by atoms with Crippen LogP contribution in [-0.2, 0) is 11.2 Å². The van der Waals surface area contributed by atoms with Crippen LogP contribution in [0.4, 0.5) is 5.69 Å². The molecule has 6 heteroatoms. The molecule has 0 aromatic heterocycles. The highest BCUT2D eigenvalue weighted by atomic mass is 16.5. The molecule has 3 rings (SSSR count). The number of carbonyl (C=O) groups is 2. The number of anilines is 1. The van der Waals surface area contributed by atoms with Gasteiger partial charge in [-0.2, -0.15) is 0 Å². The quantitative estimate of drug-likeness (QED) is 0.732. The smallest absolute Gasteiger partial charge is 0.248 e. The normalized spacial score (nSPS) is 16.9. The lowest BCUT2D eigenvalue weighted by Crippen LogP contribution is -2.41. The fraction of sp³-hybridized carbons (Fsp3) is 0.333. The standard InChI is InChI=1S/C21H25N3O3/c1-13(21(26)24-16-8-6-14(7-9-16)20(22)25)23-19-5-3-4-15-12-17(27-2)10-11-18(15)19/h6-13,19,23H,3-5H2,1-2H3,(H2,22,25)(H,24,26). The van der Waals surface area contributed by atoms with Crippen LogP contribution in [0.3, 0.4) is 0 Å². The van der Waals surface area contributed by atoms with Crippen molar-refractivity contribution in [3.05, 3.63) is 59.2 Å². The summed E-state index contributed by atoms with van der Waals surface area (Å²) >= 11 is 0. The molecule has 2 aromatic rings. The van der Waals surface area contributed by atoms with Crippen molar-refractivity contribution in [2.24, 2.45) is 5.73 Å². The highest BCUT2D eigenvalue weighted by Gasteiger charge is 2.24. The van der Waals surface area contributed by atoms with E-state index in [0.29, 0.717) is 11.3 Å². The Morgan fingerprint density at radius 3 is 2.59 bits per heavy atom. The molecular weight excluding hydrogens is 342 g/mol. The van der Waals surface area contributed by atoms with E-state index in [1.165, 1.54) is 11.1 Å². The van der Waals surface area contributed by atoms with Crippen molar-refractivity contribution in [1.82, 2.24) is 5.32 Å². The second kappa shape index (κ2) is 8.22. The SMILES string of the molecule is COc1ccc2c(c1)CCCC2NC(C)C(=O)Nc1ccc(C(N)=O)cc1. The number of amides is 2. The van der Waals surface area contributed by atoms with E-state index in [4.69, 9.17) is 10.5 Å². The van der Waals surface area contributed by atoms with E-state index < -0.39 is 5.91 Å². The largest absolute Gasteiger partial charge is 0.497 e. The lowest BCUT2D eigenvalue weighted by Gasteiger charge is -2.29. The van der Waals surface area contributed by atoms with E-state index >= 15 is 0 Å². The third-order valence-electron chi connectivity index (χ3n) is 4.95. The Morgan fingerprint density at radius 2 is 1.93 bits per heavy atom. The summed E-state index contributed by atoms with van der Waals surface area (Å²) in [4.78, 5) is 23.7. The lowest BCUT2D eigenvalue weighted by molar-refractivity contribution is -0.118. The molecular formula is C21H25N3O3. The molecule has 0 saturated heterocycles. The molecule has 1 aliphatic rings. The summed E-state index contributed by atoms with van der Waals surface area (Å²) in [6.45, 7) is 1.85. The zero-order chi connectivity index (χ0) is 19.4. The Morgan fingerprint density at radius 1 is 1.19 bits per heavy atom. The lowest BCUT2D eigenvalue weighted by atomic mass is 9.87. The molecule has 6 nitrogen and oxygen atoms in total. The number of aryl methyl sites for hydroxylation is 1. The van der Waals surface area contributed by atoms with E-state index in [0.717, 1.165) is 25.0 Å². The van der Waals surface area contributed by atoms with Gasteiger partial charge in [0.05, 0.1) is 13.2 Å². The molecule has 2 aromatic carbocycles. The third kappa shape index (κ3) is 4.46. The summed E-state index contributed by atoms with van der Waals surface area (Å²) in [5, 5.41) is 6.30. The van der Waals surface area contributed by atoms with Crippen LogP contribution in [0.15, 0.2) is 42.5 Å². The second-order valence-corrected chi connectivity index (χ2v) is 6.83. The number of rotatable bonds is 6. The van der Waals surface area contributed by atoms with Crippen LogP contribution >= 0.6 is 0 Å². The first-order chi connectivity index (χ1) is 13.0. The summed E-state index contributed by atoms with van der Waals surface area (Å²) in [5.74, 6) is 0.248. The molecule has 4 N–H and O–H groups in total. The van der Waals surface area contributed by atoms with E-state index in [9.17, 15) is 9.59 Å². The summed E-state index contributed by atoms with van der Waals surface area (Å²) < 4.78 is 5.31. The molecule has 0 fully saturated rings. The average molecular weight is 367 g/mol. The van der Waals surface area contributed by atoms with E-state index in [1.54, 1.807) is 31.4 Å². The molecule has 2 amide bonds. The number of methoxy groups -OCH3 is 1. The number of benzene rings is 2. The summed E-state index contributed by atoms with van der Waals surface area (Å²) in [6.07, 6.45) is 3.09. The molecule has 0 saturated carbocycles. The van der Waals surface area contributed by atoms with Gasteiger partial charge in [-0.1, -0.05) is 6.07 Å². The molecule has 2 unspecified atom stereocenters. The van der Waals surface area contributed by atoms with Crippen LogP contribution < -0.4 is 21.1 Å². The molecule has 27 heavy (non-hydrogen) atoms. The highest BCUT2D eigenvalue weighted by molar-refractivity contribution is 5.96. The fourth-order valence-electron chi connectivity index (χ4n) is 3.44. The number of ether oxygens (including phenoxy) is 1. The topological polar surface area (TPSA) is 93.4 Å². The van der Waals surface area contributed by atoms with E-state index in [-0.39, 0.29) is 18.0 Å². The minimum absolute atomic E-state index is 0.123. The van der Waals surface area contributed by atoms with Crippen molar-refractivity contribution < 1.29 is 14.3 Å². The van der Waals surface area contributed by atoms with Crippen molar-refractivity contribution in [3.63, 3.8) is 0 Å². The van der Waals surface area contributed by atoms with Gasteiger partial charge < -0.3 is 15.8 Å². The van der Waals surface area contributed by atoms with Crippen LogP contribution in [0, 0.1) is 0 Å². The zero-order valence-corrected chi connectivity index (χ0v) is 15.6. The fourth-order valence-corrected chi connectivity index (χ4v) is 3.44. The molecule has 142 valence electrons. The van der Waals surface area contributed by atoms with Crippen LogP contribution in [0.2, 0.25) is 0 Å². The average Bonchev–Trinajstić information content (AvgIpc) is 2.68. The molecule has 0 spiro atoms. The second-order valence-electron chi connectivity index (χ2n) is 6.83. The van der Waals surface area contributed by atoms with Crippen molar-refractivity contribution in [1.29, 1.82) is 0 Å². The van der Waals surface area contributed by atoms with E-state index in [1.807, 2.05) is 13.0 Å². The van der Waals surface area contributed by atoms with Gasteiger partial charge in [-0.3, -0.25) is 14.9 Å². The first-order valence-electron chi connectivity index (χ1n) is 9.11. The summed E-state index contributed by atoms with van der Waals surface area (Å²) in [7, 11) is 1.67. The molecule has 0 heterocycles. The Balaban J connectivity index is 1.64. The van der Waals surface area contributed by atoms with Gasteiger partial charge in [-0.05, 0) is 73.7 Å². The van der Waals surface area contributed by atoms with Crippen LogP contribution in [0.25, 0.3) is 0 Å². The predicted molar refractivity (Wildman–Crippen MR) is 105 cm³/mol. The van der Waals surface area contributed by atoms with Gasteiger partial charge in [-0.15, -0.1) is 0 Å². The van der Waals surface area contributed by atoms with Gasteiger partial charge >= 0.3 is 0 Å². The Kier molecular flexibility index (Phi) is 5.76. The highest BCUT2D eigenvalue weighted by Crippen LogP contribution is 2.32. The minimum Gasteiger partial charge on any atom is -0.497 e. The Bertz CT molecular complexity index is 833. The predicted octanol–water partition coefficient (Wildman–Crippen LogP) is 2.79. The van der Waals surface area contributed by atoms with Crippen molar-refractivity contribution in [2.75, 3.05) is 12.4 Å². The summed E-state index contributed by atoms with van der Waals surface area (Å²) in [6, 6.07) is 12.4. The van der Waals surface area contributed by atoms with Gasteiger partial charge in [0.15, 0.2) is 0 Å². The molecule has 0 radical (unpaired) electrons. The maximum Gasteiger partial charge on any atom is 0.248 e. The van der Waals surface area contributed by atoms with Crippen LogP contribution in [0.5, 0.6) is 5.75 Å². The number of nitrogens with one attached hydrogen (secondary N) is 2. The number of fused-ring (bicyclic) bond motifs is 1. The monoisotopic (exact) mass is 367 g/mol. The first kappa shape index (κ1) is 18.9. The van der Waals surface area contributed by atoms with Crippen molar-refractivity contribution in [3.8, 4) is 5.75 Å². The minimum atomic E-state index is -0.490.